The third-order valence-corrected chi connectivity index (χ3v) is 0.495. The van der Waals surface area contributed by atoms with Crippen molar-refractivity contribution in [2.45, 2.75) is 6.92 Å². The van der Waals surface area contributed by atoms with Gasteiger partial charge in [0.05, 0.1) is 6.61 Å². The molecule has 0 aliphatic rings. The SMILES string of the molecule is CCOC(=O)NOCO. The fourth-order valence-corrected chi connectivity index (χ4v) is 0.252. The average Bonchev–Trinajstić information content (AvgIpc) is 1.85. The Balaban J connectivity index is 3.06. The Morgan fingerprint density at radius 2 is 2.44 bits per heavy atom. The van der Waals surface area contributed by atoms with Crippen LogP contribution in [0.15, 0.2) is 0 Å². The predicted molar refractivity (Wildman–Crippen MR) is 28.3 cm³/mol. The molecule has 0 spiro atoms. The zero-order valence-corrected chi connectivity index (χ0v) is 5.09. The lowest BCUT2D eigenvalue weighted by Gasteiger charge is -2.01. The number of rotatable bonds is 3. The molecule has 2 N–H and O–H groups in total. The number of aliphatic hydroxyl groups is 1. The van der Waals surface area contributed by atoms with Gasteiger partial charge < -0.3 is 9.84 Å². The van der Waals surface area contributed by atoms with E-state index in [0.29, 0.717) is 0 Å². The highest BCUT2D eigenvalue weighted by molar-refractivity contribution is 5.65. The fourth-order valence-electron chi connectivity index (χ4n) is 0.252. The lowest BCUT2D eigenvalue weighted by atomic mass is 10.9. The van der Waals surface area contributed by atoms with Gasteiger partial charge >= 0.3 is 6.09 Å². The van der Waals surface area contributed by atoms with Crippen LogP contribution in [0.25, 0.3) is 0 Å². The summed E-state index contributed by atoms with van der Waals surface area (Å²) in [5.74, 6) is 0. The van der Waals surface area contributed by atoms with E-state index in [1.807, 2.05) is 5.48 Å². The molecular weight excluding hydrogens is 126 g/mol. The molecule has 0 saturated heterocycles. The van der Waals surface area contributed by atoms with Crippen LogP contribution in [-0.2, 0) is 9.57 Å². The van der Waals surface area contributed by atoms with E-state index in [-0.39, 0.29) is 6.61 Å². The van der Waals surface area contributed by atoms with E-state index in [1.165, 1.54) is 0 Å². The smallest absolute Gasteiger partial charge is 0.431 e. The van der Waals surface area contributed by atoms with Crippen LogP contribution >= 0.6 is 0 Å². The Hall–Kier alpha value is -0.810. The summed E-state index contributed by atoms with van der Waals surface area (Å²) >= 11 is 0. The van der Waals surface area contributed by atoms with Gasteiger partial charge in [0, 0.05) is 0 Å². The van der Waals surface area contributed by atoms with Crippen molar-refractivity contribution in [1.29, 1.82) is 0 Å². The summed E-state index contributed by atoms with van der Waals surface area (Å²) in [6.45, 7) is 1.39. The molecule has 0 saturated carbocycles. The van der Waals surface area contributed by atoms with Crippen LogP contribution in [-0.4, -0.2) is 24.6 Å². The molecule has 0 fully saturated rings. The number of hydroxylamine groups is 1. The molecule has 5 nitrogen and oxygen atoms in total. The molecule has 0 radical (unpaired) electrons. The number of amides is 1. The van der Waals surface area contributed by atoms with Gasteiger partial charge in [0.25, 0.3) is 0 Å². The average molecular weight is 135 g/mol. The van der Waals surface area contributed by atoms with Crippen LogP contribution in [0.5, 0.6) is 0 Å². The van der Waals surface area contributed by atoms with Crippen molar-refractivity contribution in [2.24, 2.45) is 0 Å². The molecule has 0 rings (SSSR count). The first-order valence-corrected chi connectivity index (χ1v) is 2.46. The summed E-state index contributed by atoms with van der Waals surface area (Å²) in [7, 11) is 0. The topological polar surface area (TPSA) is 67.8 Å². The molecule has 0 aromatic carbocycles. The highest BCUT2D eigenvalue weighted by atomic mass is 16.7. The summed E-state index contributed by atoms with van der Waals surface area (Å²) in [5, 5.41) is 7.99. The molecule has 5 heteroatoms. The van der Waals surface area contributed by atoms with E-state index in [2.05, 4.69) is 9.57 Å². The van der Waals surface area contributed by atoms with E-state index in [9.17, 15) is 4.79 Å². The normalized spacial score (nSPS) is 8.67. The van der Waals surface area contributed by atoms with Gasteiger partial charge in [-0.1, -0.05) is 0 Å². The van der Waals surface area contributed by atoms with Crippen molar-refractivity contribution in [3.05, 3.63) is 0 Å². The second-order valence-corrected chi connectivity index (χ2v) is 1.10. The first kappa shape index (κ1) is 8.19. The second-order valence-electron chi connectivity index (χ2n) is 1.10. The number of hydrogen-bond acceptors (Lipinski definition) is 4. The molecule has 9 heavy (non-hydrogen) atoms. The van der Waals surface area contributed by atoms with Crippen molar-refractivity contribution < 1.29 is 19.5 Å². The lowest BCUT2D eigenvalue weighted by Crippen LogP contribution is -2.24. The van der Waals surface area contributed by atoms with Crippen LogP contribution in [0.2, 0.25) is 0 Å². The molecule has 0 aromatic rings. The van der Waals surface area contributed by atoms with E-state index < -0.39 is 12.9 Å². The van der Waals surface area contributed by atoms with E-state index >= 15 is 0 Å². The third kappa shape index (κ3) is 5.05. The molecule has 1 amide bonds. The van der Waals surface area contributed by atoms with Gasteiger partial charge in [-0.05, 0) is 6.92 Å². The van der Waals surface area contributed by atoms with Gasteiger partial charge in [-0.3, -0.25) is 0 Å². The molecule has 0 aliphatic carbocycles. The number of hydrogen-bond donors (Lipinski definition) is 2. The summed E-state index contributed by atoms with van der Waals surface area (Å²) in [6.07, 6.45) is -0.702. The van der Waals surface area contributed by atoms with Gasteiger partial charge in [-0.15, -0.1) is 0 Å². The second kappa shape index (κ2) is 5.33. The van der Waals surface area contributed by atoms with Gasteiger partial charge in [-0.2, -0.15) is 5.48 Å². The zero-order valence-electron chi connectivity index (χ0n) is 5.09. The van der Waals surface area contributed by atoms with Crippen molar-refractivity contribution >= 4 is 6.09 Å². The minimum Gasteiger partial charge on any atom is -0.448 e. The zero-order chi connectivity index (χ0) is 7.11. The lowest BCUT2D eigenvalue weighted by molar-refractivity contribution is -0.0557. The van der Waals surface area contributed by atoms with Crippen LogP contribution < -0.4 is 5.48 Å². The largest absolute Gasteiger partial charge is 0.448 e. The number of aliphatic hydroxyl groups excluding tert-OH is 1. The number of ether oxygens (including phenoxy) is 1. The Bertz CT molecular complexity index is 84.6. The molecule has 0 heterocycles. The number of carbonyl (C=O) groups is 1. The van der Waals surface area contributed by atoms with Crippen LogP contribution in [0.3, 0.4) is 0 Å². The Kier molecular flexibility index (Phi) is 4.85. The van der Waals surface area contributed by atoms with Gasteiger partial charge in [0.2, 0.25) is 0 Å². The minimum absolute atomic E-state index is 0.278. The Morgan fingerprint density at radius 3 is 2.89 bits per heavy atom. The standard InChI is InChI=1S/C4H9NO4/c1-2-8-4(7)5-9-3-6/h6H,2-3H2,1H3,(H,5,7). The maximum absolute atomic E-state index is 10.2. The van der Waals surface area contributed by atoms with Crippen molar-refractivity contribution in [3.8, 4) is 0 Å². The summed E-state index contributed by atoms with van der Waals surface area (Å²) in [6, 6.07) is 0. The Morgan fingerprint density at radius 1 is 1.78 bits per heavy atom. The van der Waals surface area contributed by atoms with E-state index in [4.69, 9.17) is 5.11 Å². The molecule has 0 bridgehead atoms. The number of nitrogens with one attached hydrogen (secondary N) is 1. The fraction of sp³-hybridized carbons (Fsp3) is 0.750. The van der Waals surface area contributed by atoms with E-state index in [1.54, 1.807) is 6.92 Å². The molecule has 0 unspecified atom stereocenters. The van der Waals surface area contributed by atoms with Gasteiger partial charge in [0.15, 0.2) is 6.79 Å². The maximum atomic E-state index is 10.2. The highest BCUT2D eigenvalue weighted by Crippen LogP contribution is 1.74. The van der Waals surface area contributed by atoms with Crippen LogP contribution in [0, 0.1) is 0 Å². The van der Waals surface area contributed by atoms with Crippen LogP contribution in [0.4, 0.5) is 4.79 Å². The van der Waals surface area contributed by atoms with Crippen molar-refractivity contribution in [3.63, 3.8) is 0 Å². The predicted octanol–water partition coefficient (Wildman–Crippen LogP) is -0.386. The monoisotopic (exact) mass is 135 g/mol. The minimum atomic E-state index is -0.702. The summed E-state index contributed by atoms with van der Waals surface area (Å²) in [5.41, 5.74) is 1.82. The molecule has 0 aliphatic heterocycles. The van der Waals surface area contributed by atoms with E-state index in [0.717, 1.165) is 0 Å². The summed E-state index contributed by atoms with van der Waals surface area (Å²) in [4.78, 5) is 14.3. The first-order chi connectivity index (χ1) is 4.31. The number of carbonyl (C=O) groups excluding carboxylic acids is 1. The quantitative estimate of drug-likeness (QED) is 0.408. The molecule has 0 aromatic heterocycles. The Labute approximate surface area is 52.5 Å². The van der Waals surface area contributed by atoms with Gasteiger partial charge in [0.1, 0.15) is 0 Å². The maximum Gasteiger partial charge on any atom is 0.431 e. The first-order valence-electron chi connectivity index (χ1n) is 2.46. The third-order valence-electron chi connectivity index (χ3n) is 0.495. The van der Waals surface area contributed by atoms with Crippen molar-refractivity contribution in [1.82, 2.24) is 5.48 Å². The molecule has 0 atom stereocenters. The molecular formula is C4H9NO4. The summed E-state index contributed by atoms with van der Waals surface area (Å²) < 4.78 is 4.36. The van der Waals surface area contributed by atoms with Gasteiger partial charge in [-0.25, -0.2) is 9.63 Å². The van der Waals surface area contributed by atoms with Crippen LogP contribution in [0.1, 0.15) is 6.92 Å². The van der Waals surface area contributed by atoms with Crippen molar-refractivity contribution in [2.75, 3.05) is 13.4 Å². The molecule has 54 valence electrons. The highest BCUT2D eigenvalue weighted by Gasteiger charge is 1.95.